The van der Waals surface area contributed by atoms with Gasteiger partial charge in [0.15, 0.2) is 0 Å². The molecule has 3 amide bonds. The number of carbonyl (C=O) groups excluding carboxylic acids is 3. The number of para-hydroxylation sites is 1. The van der Waals surface area contributed by atoms with E-state index in [1.165, 1.54) is 4.90 Å². The van der Waals surface area contributed by atoms with Crippen LogP contribution in [0.5, 0.6) is 0 Å². The van der Waals surface area contributed by atoms with Gasteiger partial charge >= 0.3 is 0 Å². The normalized spacial score (nSPS) is 16.0. The van der Waals surface area contributed by atoms with E-state index in [1.807, 2.05) is 62.7 Å². The van der Waals surface area contributed by atoms with E-state index >= 15 is 0 Å². The number of nitrogens with zero attached hydrogens (tertiary/aromatic N) is 3. The molecule has 6 nitrogen and oxygen atoms in total. The molecule has 148 valence electrons. The Morgan fingerprint density at radius 1 is 1.18 bits per heavy atom. The number of fused-ring (bicyclic) bond motifs is 1. The number of carbonyl (C=O) groups is 3. The van der Waals surface area contributed by atoms with Crippen molar-refractivity contribution in [2.75, 3.05) is 13.1 Å². The molecule has 0 atom stereocenters. The molecule has 0 N–H and O–H groups in total. The number of hydrogen-bond acceptors (Lipinski definition) is 4. The van der Waals surface area contributed by atoms with Crippen molar-refractivity contribution >= 4 is 45.8 Å². The van der Waals surface area contributed by atoms with Crippen molar-refractivity contribution in [3.05, 3.63) is 40.9 Å². The summed E-state index contributed by atoms with van der Waals surface area (Å²) in [6, 6.07) is 7.60. The van der Waals surface area contributed by atoms with Gasteiger partial charge in [-0.2, -0.15) is 0 Å². The number of amides is 3. The van der Waals surface area contributed by atoms with Crippen LogP contribution in [0.1, 0.15) is 33.3 Å². The molecule has 0 spiro atoms. The summed E-state index contributed by atoms with van der Waals surface area (Å²) in [7, 11) is 0. The van der Waals surface area contributed by atoms with Gasteiger partial charge in [-0.05, 0) is 51.6 Å². The summed E-state index contributed by atoms with van der Waals surface area (Å²) < 4.78 is 1.91. The number of thioether (sulfide) groups is 1. The monoisotopic (exact) mass is 399 g/mol. The maximum atomic E-state index is 12.6. The van der Waals surface area contributed by atoms with Crippen LogP contribution < -0.4 is 0 Å². The minimum absolute atomic E-state index is 0.0532. The molecule has 1 aliphatic heterocycles. The zero-order valence-corrected chi connectivity index (χ0v) is 17.5. The number of rotatable bonds is 6. The molecule has 1 aromatic heterocycles. The fourth-order valence-electron chi connectivity index (χ4n) is 3.41. The minimum Gasteiger partial charge on any atom is -0.342 e. The second-order valence-corrected chi connectivity index (χ2v) is 7.93. The Bertz CT molecular complexity index is 957. The summed E-state index contributed by atoms with van der Waals surface area (Å²) in [6.07, 6.45) is 3.64. The Morgan fingerprint density at radius 3 is 2.46 bits per heavy atom. The Balaban J connectivity index is 1.98. The molecule has 28 heavy (non-hydrogen) atoms. The van der Waals surface area contributed by atoms with Gasteiger partial charge in [0.1, 0.15) is 6.54 Å². The van der Waals surface area contributed by atoms with Crippen molar-refractivity contribution in [2.45, 2.75) is 40.3 Å². The lowest BCUT2D eigenvalue weighted by Gasteiger charge is -2.19. The van der Waals surface area contributed by atoms with Crippen LogP contribution in [0, 0.1) is 0 Å². The van der Waals surface area contributed by atoms with Gasteiger partial charge in [0.2, 0.25) is 5.91 Å². The predicted octanol–water partition coefficient (Wildman–Crippen LogP) is 3.95. The first-order valence-electron chi connectivity index (χ1n) is 9.50. The van der Waals surface area contributed by atoms with E-state index in [0.717, 1.165) is 28.2 Å². The molecular formula is C21H25N3O3S. The lowest BCUT2D eigenvalue weighted by atomic mass is 10.1. The topological polar surface area (TPSA) is 62.6 Å². The quantitative estimate of drug-likeness (QED) is 0.690. The Kier molecular flexibility index (Phi) is 5.93. The smallest absolute Gasteiger partial charge is 0.293 e. The van der Waals surface area contributed by atoms with Crippen molar-refractivity contribution < 1.29 is 14.4 Å². The Labute approximate surface area is 169 Å². The van der Waals surface area contributed by atoms with E-state index in [1.54, 1.807) is 11.0 Å². The highest BCUT2D eigenvalue weighted by Crippen LogP contribution is 2.35. The Morgan fingerprint density at radius 2 is 1.86 bits per heavy atom. The van der Waals surface area contributed by atoms with E-state index in [0.29, 0.717) is 18.0 Å². The molecule has 2 heterocycles. The largest absolute Gasteiger partial charge is 0.342 e. The molecule has 1 saturated heterocycles. The van der Waals surface area contributed by atoms with Crippen LogP contribution in [0.2, 0.25) is 0 Å². The maximum Gasteiger partial charge on any atom is 0.293 e. The third-order valence-corrected chi connectivity index (χ3v) is 5.75. The molecule has 1 aliphatic rings. The van der Waals surface area contributed by atoms with Gasteiger partial charge in [-0.25, -0.2) is 0 Å². The van der Waals surface area contributed by atoms with Gasteiger partial charge in [0.25, 0.3) is 11.1 Å². The summed E-state index contributed by atoms with van der Waals surface area (Å²) in [6.45, 7) is 9.15. The van der Waals surface area contributed by atoms with Gasteiger partial charge in [0.05, 0.1) is 4.91 Å². The van der Waals surface area contributed by atoms with Gasteiger partial charge in [-0.15, -0.1) is 0 Å². The molecular weight excluding hydrogens is 374 g/mol. The van der Waals surface area contributed by atoms with Crippen LogP contribution in [0.25, 0.3) is 17.0 Å². The van der Waals surface area contributed by atoms with E-state index in [-0.39, 0.29) is 29.6 Å². The molecule has 0 unspecified atom stereocenters. The fourth-order valence-corrected chi connectivity index (χ4v) is 4.36. The standard InChI is InChI=1S/C21H25N3O3S/c1-5-22(6-2)19(25)13-23-12-15(16-9-7-8-10-17(16)23)11-18-20(26)24(14(3)4)21(27)28-18/h7-12,14H,5-6,13H2,1-4H3/b18-11-. The maximum absolute atomic E-state index is 12.6. The first-order chi connectivity index (χ1) is 13.4. The Hall–Kier alpha value is -2.54. The van der Waals surface area contributed by atoms with Crippen molar-refractivity contribution in [3.8, 4) is 0 Å². The summed E-state index contributed by atoms with van der Waals surface area (Å²) in [5.74, 6) is -0.210. The van der Waals surface area contributed by atoms with Crippen LogP contribution in [0.3, 0.4) is 0 Å². The summed E-state index contributed by atoms with van der Waals surface area (Å²) >= 11 is 0.963. The van der Waals surface area contributed by atoms with Gasteiger partial charge in [-0.3, -0.25) is 19.3 Å². The zero-order chi connectivity index (χ0) is 20.4. The van der Waals surface area contributed by atoms with Crippen LogP contribution in [0.4, 0.5) is 4.79 Å². The van der Waals surface area contributed by atoms with Gasteiger partial charge in [-0.1, -0.05) is 18.2 Å². The molecule has 2 aromatic rings. The number of aromatic nitrogens is 1. The molecule has 0 bridgehead atoms. The van der Waals surface area contributed by atoms with E-state index < -0.39 is 0 Å². The number of hydrogen-bond donors (Lipinski definition) is 0. The summed E-state index contributed by atoms with van der Waals surface area (Å²) in [4.78, 5) is 40.8. The highest BCUT2D eigenvalue weighted by atomic mass is 32.2. The molecule has 3 rings (SSSR count). The fraction of sp³-hybridized carbons (Fsp3) is 0.381. The summed E-state index contributed by atoms with van der Waals surface area (Å²) in [5, 5.41) is 0.706. The average molecular weight is 400 g/mol. The molecule has 0 aliphatic carbocycles. The van der Waals surface area contributed by atoms with Crippen molar-refractivity contribution in [1.82, 2.24) is 14.4 Å². The second kappa shape index (κ2) is 8.22. The average Bonchev–Trinajstić information content (AvgIpc) is 3.13. The third-order valence-electron chi connectivity index (χ3n) is 4.87. The summed E-state index contributed by atoms with van der Waals surface area (Å²) in [5.41, 5.74) is 1.76. The van der Waals surface area contributed by atoms with Crippen LogP contribution >= 0.6 is 11.8 Å². The number of imide groups is 1. The predicted molar refractivity (Wildman–Crippen MR) is 113 cm³/mol. The zero-order valence-electron chi connectivity index (χ0n) is 16.6. The highest BCUT2D eigenvalue weighted by Gasteiger charge is 2.36. The highest BCUT2D eigenvalue weighted by molar-refractivity contribution is 8.18. The van der Waals surface area contributed by atoms with Gasteiger partial charge in [0, 0.05) is 41.8 Å². The molecule has 1 aromatic carbocycles. The second-order valence-electron chi connectivity index (χ2n) is 6.94. The van der Waals surface area contributed by atoms with Crippen LogP contribution in [-0.4, -0.2) is 50.6 Å². The van der Waals surface area contributed by atoms with Crippen LogP contribution in [-0.2, 0) is 16.1 Å². The van der Waals surface area contributed by atoms with Gasteiger partial charge < -0.3 is 9.47 Å². The van der Waals surface area contributed by atoms with Crippen molar-refractivity contribution in [2.24, 2.45) is 0 Å². The molecule has 1 fully saturated rings. The SMILES string of the molecule is CCN(CC)C(=O)Cn1cc(/C=C2\SC(=O)N(C(C)C)C2=O)c2ccccc21. The van der Waals surface area contributed by atoms with Crippen LogP contribution in [0.15, 0.2) is 35.4 Å². The van der Waals surface area contributed by atoms with E-state index in [9.17, 15) is 14.4 Å². The number of likely N-dealkylation sites (N-methyl/N-ethyl adjacent to an activating group) is 1. The first kappa shape index (κ1) is 20.2. The molecule has 7 heteroatoms. The van der Waals surface area contributed by atoms with E-state index in [2.05, 4.69) is 0 Å². The lowest BCUT2D eigenvalue weighted by Crippen LogP contribution is -2.34. The molecule has 0 radical (unpaired) electrons. The minimum atomic E-state index is -0.263. The first-order valence-corrected chi connectivity index (χ1v) is 10.3. The number of benzene rings is 1. The lowest BCUT2D eigenvalue weighted by molar-refractivity contribution is -0.131. The molecule has 0 saturated carbocycles. The van der Waals surface area contributed by atoms with Crippen molar-refractivity contribution in [3.63, 3.8) is 0 Å². The van der Waals surface area contributed by atoms with E-state index in [4.69, 9.17) is 0 Å². The van der Waals surface area contributed by atoms with Crippen molar-refractivity contribution in [1.29, 1.82) is 0 Å². The third kappa shape index (κ3) is 3.71.